The first kappa shape index (κ1) is 57.6. The molecule has 21 nitrogen and oxygen atoms in total. The fraction of sp³-hybridized carbons (Fsp3) is 0.340. The van der Waals surface area contributed by atoms with Gasteiger partial charge in [-0.15, -0.1) is 68.0 Å². The first-order valence-electron chi connectivity index (χ1n) is 24.9. The summed E-state index contributed by atoms with van der Waals surface area (Å²) in [5.74, 6) is -2.86. The lowest BCUT2D eigenvalue weighted by atomic mass is 9.90. The Bertz CT molecular complexity index is 3600. The van der Waals surface area contributed by atoms with Gasteiger partial charge in [0.1, 0.15) is 82.8 Å². The van der Waals surface area contributed by atoms with Crippen LogP contribution in [0.3, 0.4) is 0 Å². The van der Waals surface area contributed by atoms with Gasteiger partial charge in [-0.1, -0.05) is 44.2 Å². The quantitative estimate of drug-likeness (QED) is 0.0784. The maximum atomic E-state index is 14.3. The number of aryl methyl sites for hydroxylation is 1. The number of aromatic nitrogens is 7. The zero-order valence-electron chi connectivity index (χ0n) is 44.4. The van der Waals surface area contributed by atoms with Crippen LogP contribution in [-0.4, -0.2) is 102 Å². The lowest BCUT2D eigenvalue weighted by Gasteiger charge is -2.23. The van der Waals surface area contributed by atoms with Gasteiger partial charge in [0, 0.05) is 58.5 Å². The van der Waals surface area contributed by atoms with Crippen molar-refractivity contribution in [2.75, 3.05) is 26.0 Å². The van der Waals surface area contributed by atoms with E-state index >= 15 is 0 Å². The smallest absolute Gasteiger partial charge is 0.413 e. The molecule has 1 aliphatic heterocycles. The summed E-state index contributed by atoms with van der Waals surface area (Å²) in [7, 11) is 2.97. The standard InChI is InChI=1S/C53H54N12O9S6/c1-24(2)28-16-34(66)39-25(3)79-50(64-39)30(17-37(67)54-7)57-44(70)32-21-75-46(59-32)27-14-15-29(48-61-36(23-78-48)62-52(72)74-53(4,5)6)56-40(27)31-20-76-49(58-31)33-22-77-51(60-33)42(43(69)26-12-10-9-11-13-26)63-38(68)18-55-45(71)41-35(19-73-8)80-47(28)65-41/h9-15,20-24,28,30,42-43,69H,16-19H2,1-8H3,(H,54,67)(H,55,71)(H,57,70)(H,62,72)(H,63,68)/t28?,30-,42-,43-/m0/s1. The molecule has 9 rings (SSSR count). The number of hydrogen-bond donors (Lipinski definition) is 6. The number of benzene rings is 1. The summed E-state index contributed by atoms with van der Waals surface area (Å²) < 4.78 is 10.9. The van der Waals surface area contributed by atoms with E-state index in [1.54, 1.807) is 85.6 Å². The lowest BCUT2D eigenvalue weighted by molar-refractivity contribution is -0.122. The van der Waals surface area contributed by atoms with Crippen LogP contribution >= 0.6 is 68.0 Å². The first-order chi connectivity index (χ1) is 38.2. The highest BCUT2D eigenvalue weighted by molar-refractivity contribution is 7.15. The van der Waals surface area contributed by atoms with Crippen LogP contribution in [0.1, 0.15) is 133 Å². The van der Waals surface area contributed by atoms with Crippen LogP contribution in [0.25, 0.3) is 43.4 Å². The molecule has 4 atom stereocenters. The molecule has 0 saturated carbocycles. The van der Waals surface area contributed by atoms with Crippen molar-refractivity contribution in [1.82, 2.24) is 56.2 Å². The Morgan fingerprint density at radius 1 is 0.750 bits per heavy atom. The first-order valence-corrected chi connectivity index (χ1v) is 30.1. The molecule has 1 unspecified atom stereocenters. The average Bonchev–Trinajstić information content (AvgIpc) is 4.34. The third-order valence-electron chi connectivity index (χ3n) is 12.2. The number of carbonyl (C=O) groups excluding carboxylic acids is 6. The minimum Gasteiger partial charge on any atom is -0.444 e. The van der Waals surface area contributed by atoms with Gasteiger partial charge in [-0.05, 0) is 51.3 Å². The Morgan fingerprint density at radius 3 is 2.19 bits per heavy atom. The second-order valence-corrected chi connectivity index (χ2v) is 25.4. The summed E-state index contributed by atoms with van der Waals surface area (Å²) in [4.78, 5) is 117. The monoisotopic (exact) mass is 1190 g/mol. The number of nitrogens with zero attached hydrogens (tertiary/aromatic N) is 7. The molecular formula is C53H54N12O9S6. The highest BCUT2D eigenvalue weighted by atomic mass is 32.1. The maximum Gasteiger partial charge on any atom is 0.413 e. The van der Waals surface area contributed by atoms with Crippen molar-refractivity contribution >= 4 is 109 Å². The van der Waals surface area contributed by atoms with Gasteiger partial charge in [-0.2, -0.15) is 0 Å². The van der Waals surface area contributed by atoms with Crippen LogP contribution in [0.15, 0.2) is 64.0 Å². The van der Waals surface area contributed by atoms with E-state index in [4.69, 9.17) is 39.4 Å². The number of hydrogen-bond acceptors (Lipinski definition) is 22. The number of ether oxygens (including phenoxy) is 2. The Balaban J connectivity index is 1.13. The molecule has 80 heavy (non-hydrogen) atoms. The summed E-state index contributed by atoms with van der Waals surface area (Å²) in [5, 5.41) is 35.1. The van der Waals surface area contributed by atoms with Crippen LogP contribution in [0.2, 0.25) is 0 Å². The fourth-order valence-electron chi connectivity index (χ4n) is 8.30. The van der Waals surface area contributed by atoms with E-state index in [9.17, 15) is 33.9 Å². The van der Waals surface area contributed by atoms with Crippen molar-refractivity contribution in [1.29, 1.82) is 0 Å². The number of anilines is 1. The highest BCUT2D eigenvalue weighted by Crippen LogP contribution is 2.41. The summed E-state index contributed by atoms with van der Waals surface area (Å²) in [6, 6.07) is 10.3. The number of amides is 5. The second kappa shape index (κ2) is 24.7. The van der Waals surface area contributed by atoms with Gasteiger partial charge in [0.15, 0.2) is 5.78 Å². The van der Waals surface area contributed by atoms with Crippen molar-refractivity contribution in [3.63, 3.8) is 0 Å². The Hall–Kier alpha value is -7.11. The number of pyridine rings is 1. The molecule has 1 aromatic carbocycles. The third-order valence-corrected chi connectivity index (χ3v) is 18.0. The SMILES string of the molecule is CNC(=O)C[C@@H]1NC(=O)c2csc(n2)-c2ccc(-c3nc(NC(=O)OC(C)(C)C)cs3)nc2-c2csc(n2)-c2csc(n2)[C@H]([C@@H](O)c2ccccc2)NC(=O)CNC(=O)c2nc(sc2COC)C(C(C)C)CC(=O)c2nc1sc2C. The molecule has 0 spiro atoms. The predicted molar refractivity (Wildman–Crippen MR) is 308 cm³/mol. The van der Waals surface area contributed by atoms with Gasteiger partial charge in [-0.25, -0.2) is 39.7 Å². The topological polar surface area (TPSA) is 291 Å². The molecule has 6 N–H and O–H groups in total. The van der Waals surface area contributed by atoms with Crippen LogP contribution in [0.4, 0.5) is 10.6 Å². The van der Waals surface area contributed by atoms with E-state index in [1.165, 1.54) is 82.2 Å². The van der Waals surface area contributed by atoms with Crippen LogP contribution in [-0.2, 0) is 25.7 Å². The zero-order chi connectivity index (χ0) is 57.0. The normalized spacial score (nSPS) is 16.8. The molecule has 0 radical (unpaired) electrons. The molecule has 10 bridgehead atoms. The molecule has 27 heteroatoms. The number of fused-ring (bicyclic) bond motifs is 14. The Kier molecular flexibility index (Phi) is 17.8. The minimum absolute atomic E-state index is 0.0289. The number of methoxy groups -OCH3 is 1. The lowest BCUT2D eigenvalue weighted by Crippen LogP contribution is -2.40. The summed E-state index contributed by atoms with van der Waals surface area (Å²) in [6.07, 6.45) is -2.15. The molecule has 8 aromatic rings. The molecule has 0 fully saturated rings. The van der Waals surface area contributed by atoms with E-state index in [0.29, 0.717) is 73.7 Å². The van der Waals surface area contributed by atoms with Gasteiger partial charge >= 0.3 is 6.09 Å². The number of thiazole rings is 6. The van der Waals surface area contributed by atoms with Crippen LogP contribution < -0.4 is 26.6 Å². The van der Waals surface area contributed by atoms with E-state index in [-0.39, 0.29) is 60.0 Å². The molecule has 0 aliphatic carbocycles. The Morgan fingerprint density at radius 2 is 1.45 bits per heavy atom. The molecule has 5 amide bonds. The van der Waals surface area contributed by atoms with E-state index in [1.807, 2.05) is 19.9 Å². The summed E-state index contributed by atoms with van der Waals surface area (Å²) in [5.41, 5.74) is 2.26. The molecule has 0 saturated heterocycles. The van der Waals surface area contributed by atoms with Crippen LogP contribution in [0, 0.1) is 12.8 Å². The van der Waals surface area contributed by atoms with Gasteiger partial charge in [0.05, 0.1) is 41.2 Å². The second-order valence-electron chi connectivity index (χ2n) is 19.6. The van der Waals surface area contributed by atoms with Gasteiger partial charge < -0.3 is 35.8 Å². The Labute approximate surface area is 483 Å². The number of nitrogens with one attached hydrogen (secondary N) is 5. The number of rotatable bonds is 9. The van der Waals surface area contributed by atoms with Crippen molar-refractivity contribution < 1.29 is 43.3 Å². The number of ketones is 1. The van der Waals surface area contributed by atoms with Crippen molar-refractivity contribution in [2.24, 2.45) is 5.92 Å². The number of aliphatic hydroxyl groups is 1. The van der Waals surface area contributed by atoms with Crippen molar-refractivity contribution in [3.05, 3.63) is 111 Å². The average molecular weight is 1200 g/mol. The molecule has 7 aromatic heterocycles. The molecular weight excluding hydrogens is 1140 g/mol. The van der Waals surface area contributed by atoms with Gasteiger partial charge in [0.2, 0.25) is 11.8 Å². The third kappa shape index (κ3) is 13.4. The number of Topliss-reactive ketones (excluding diaryl/α,β-unsaturated/α-hetero) is 1. The number of carbonyl (C=O) groups is 6. The molecule has 8 heterocycles. The summed E-state index contributed by atoms with van der Waals surface area (Å²) >= 11 is 7.34. The van der Waals surface area contributed by atoms with E-state index in [0.717, 1.165) is 0 Å². The zero-order valence-corrected chi connectivity index (χ0v) is 49.3. The molecule has 1 aliphatic rings. The molecule has 416 valence electrons. The summed E-state index contributed by atoms with van der Waals surface area (Å²) in [6.45, 7) is 10.5. The fourth-order valence-corrected chi connectivity index (χ4v) is 13.9. The predicted octanol–water partition coefficient (Wildman–Crippen LogP) is 9.54. The minimum atomic E-state index is -1.26. The van der Waals surface area contributed by atoms with E-state index < -0.39 is 60.1 Å². The van der Waals surface area contributed by atoms with Crippen molar-refractivity contribution in [3.8, 4) is 43.4 Å². The van der Waals surface area contributed by atoms with Gasteiger partial charge in [-0.3, -0.25) is 29.3 Å². The van der Waals surface area contributed by atoms with Crippen molar-refractivity contribution in [2.45, 2.75) is 90.7 Å². The number of aliphatic hydroxyl groups excluding tert-OH is 1. The van der Waals surface area contributed by atoms with Gasteiger partial charge in [0.25, 0.3) is 11.8 Å². The largest absolute Gasteiger partial charge is 0.444 e. The maximum absolute atomic E-state index is 14.3. The highest BCUT2D eigenvalue weighted by Gasteiger charge is 2.33. The van der Waals surface area contributed by atoms with Crippen LogP contribution in [0.5, 0.6) is 0 Å². The van der Waals surface area contributed by atoms with E-state index in [2.05, 4.69) is 31.6 Å².